The number of nitrogens with one attached hydrogen (secondary N) is 1. The first-order valence-corrected chi connectivity index (χ1v) is 7.09. The van der Waals surface area contributed by atoms with Crippen molar-refractivity contribution < 1.29 is 19.4 Å². The first kappa shape index (κ1) is 16.7. The number of carboxylic acid groups (broad SMARTS) is 1. The lowest BCUT2D eigenvalue weighted by atomic mass is 10.3. The van der Waals surface area contributed by atoms with Gasteiger partial charge in [0.15, 0.2) is 0 Å². The lowest BCUT2D eigenvalue weighted by Gasteiger charge is -2.21. The number of hydrogen-bond acceptors (Lipinski definition) is 4. The molecule has 2 amide bonds. The molecule has 1 rings (SSSR count). The number of carboxylic acids is 1. The van der Waals surface area contributed by atoms with Gasteiger partial charge in [0.25, 0.3) is 0 Å². The number of nitrogens with zero attached hydrogens (tertiary/aromatic N) is 2. The maximum absolute atomic E-state index is 12.0. The molecular formula is C13H25N3O4. The van der Waals surface area contributed by atoms with Crippen LogP contribution in [0.3, 0.4) is 0 Å². The lowest BCUT2D eigenvalue weighted by Crippen LogP contribution is -2.42. The van der Waals surface area contributed by atoms with Crippen molar-refractivity contribution in [3.05, 3.63) is 0 Å². The summed E-state index contributed by atoms with van der Waals surface area (Å²) in [6, 6.07) is -0.0559. The van der Waals surface area contributed by atoms with Crippen molar-refractivity contribution in [3.63, 3.8) is 0 Å². The SMILES string of the molecule is COCCCCNC(=O)N1CCCN(CC(=O)O)CC1. The fourth-order valence-corrected chi connectivity index (χ4v) is 2.20. The second-order valence-electron chi connectivity index (χ2n) is 4.94. The highest BCUT2D eigenvalue weighted by Crippen LogP contribution is 2.03. The number of hydrogen-bond donors (Lipinski definition) is 2. The number of aliphatic carboxylic acids is 1. The lowest BCUT2D eigenvalue weighted by molar-refractivity contribution is -0.138. The highest BCUT2D eigenvalue weighted by molar-refractivity contribution is 5.74. The molecule has 2 N–H and O–H groups in total. The highest BCUT2D eigenvalue weighted by atomic mass is 16.5. The van der Waals surface area contributed by atoms with E-state index in [1.165, 1.54) is 0 Å². The molecule has 1 aliphatic heterocycles. The summed E-state index contributed by atoms with van der Waals surface area (Å²) in [7, 11) is 1.67. The van der Waals surface area contributed by atoms with Gasteiger partial charge in [0.1, 0.15) is 0 Å². The zero-order valence-corrected chi connectivity index (χ0v) is 12.1. The Bertz CT molecular complexity index is 312. The van der Waals surface area contributed by atoms with Gasteiger partial charge in [-0.1, -0.05) is 0 Å². The van der Waals surface area contributed by atoms with Crippen LogP contribution in [0.5, 0.6) is 0 Å². The van der Waals surface area contributed by atoms with Gasteiger partial charge >= 0.3 is 12.0 Å². The number of urea groups is 1. The van der Waals surface area contributed by atoms with Gasteiger partial charge in [-0.3, -0.25) is 9.69 Å². The predicted octanol–water partition coefficient (Wildman–Crippen LogP) is 0.215. The van der Waals surface area contributed by atoms with Crippen molar-refractivity contribution in [1.29, 1.82) is 0 Å². The van der Waals surface area contributed by atoms with Crippen LogP contribution < -0.4 is 5.32 Å². The van der Waals surface area contributed by atoms with E-state index >= 15 is 0 Å². The third-order valence-electron chi connectivity index (χ3n) is 3.29. The Morgan fingerprint density at radius 2 is 2.00 bits per heavy atom. The quantitative estimate of drug-likeness (QED) is 0.654. The van der Waals surface area contributed by atoms with Gasteiger partial charge in [0, 0.05) is 46.4 Å². The molecule has 0 aromatic heterocycles. The molecule has 116 valence electrons. The molecular weight excluding hydrogens is 262 g/mol. The topological polar surface area (TPSA) is 82.1 Å². The number of amides is 2. The summed E-state index contributed by atoms with van der Waals surface area (Å²) in [6.45, 7) is 4.01. The molecule has 0 bridgehead atoms. The van der Waals surface area contributed by atoms with Gasteiger partial charge in [-0.25, -0.2) is 4.79 Å². The summed E-state index contributed by atoms with van der Waals surface area (Å²) >= 11 is 0. The third-order valence-corrected chi connectivity index (χ3v) is 3.29. The van der Waals surface area contributed by atoms with Crippen LogP contribution in [-0.2, 0) is 9.53 Å². The minimum atomic E-state index is -0.818. The van der Waals surface area contributed by atoms with Gasteiger partial charge in [0.05, 0.1) is 6.54 Å². The van der Waals surface area contributed by atoms with Crippen molar-refractivity contribution in [3.8, 4) is 0 Å². The number of ether oxygens (including phenoxy) is 1. The van der Waals surface area contributed by atoms with Crippen molar-refractivity contribution >= 4 is 12.0 Å². The van der Waals surface area contributed by atoms with Crippen LogP contribution in [0.2, 0.25) is 0 Å². The number of unbranched alkanes of at least 4 members (excludes halogenated alkanes) is 1. The summed E-state index contributed by atoms with van der Waals surface area (Å²) in [5.74, 6) is -0.818. The van der Waals surface area contributed by atoms with Crippen molar-refractivity contribution in [2.24, 2.45) is 0 Å². The van der Waals surface area contributed by atoms with Crippen LogP contribution in [0.4, 0.5) is 4.79 Å². The van der Waals surface area contributed by atoms with E-state index in [2.05, 4.69) is 5.32 Å². The van der Waals surface area contributed by atoms with Crippen LogP contribution in [0.1, 0.15) is 19.3 Å². The van der Waals surface area contributed by atoms with Gasteiger partial charge in [0.2, 0.25) is 0 Å². The standard InChI is InChI=1S/C13H25N3O4/c1-20-10-3-2-5-14-13(19)16-7-4-6-15(8-9-16)11-12(17)18/h2-11H2,1H3,(H,14,19)(H,17,18). The monoisotopic (exact) mass is 287 g/mol. The Morgan fingerprint density at radius 1 is 1.20 bits per heavy atom. The van der Waals surface area contributed by atoms with Crippen LogP contribution in [0.25, 0.3) is 0 Å². The second-order valence-corrected chi connectivity index (χ2v) is 4.94. The summed E-state index contributed by atoms with van der Waals surface area (Å²) in [4.78, 5) is 26.3. The zero-order valence-electron chi connectivity index (χ0n) is 12.1. The van der Waals surface area contributed by atoms with Gasteiger partial charge in [-0.2, -0.15) is 0 Å². The zero-order chi connectivity index (χ0) is 14.8. The molecule has 0 saturated carbocycles. The molecule has 0 aliphatic carbocycles. The van der Waals surface area contributed by atoms with E-state index in [4.69, 9.17) is 9.84 Å². The predicted molar refractivity (Wildman–Crippen MR) is 74.8 cm³/mol. The van der Waals surface area contributed by atoms with Crippen LogP contribution >= 0.6 is 0 Å². The summed E-state index contributed by atoms with van der Waals surface area (Å²) < 4.78 is 4.95. The Labute approximate surface area is 119 Å². The van der Waals surface area contributed by atoms with E-state index in [9.17, 15) is 9.59 Å². The van der Waals surface area contributed by atoms with E-state index in [0.717, 1.165) is 25.8 Å². The van der Waals surface area contributed by atoms with E-state index in [1.807, 2.05) is 4.90 Å². The molecule has 7 heteroatoms. The Morgan fingerprint density at radius 3 is 2.70 bits per heavy atom. The maximum Gasteiger partial charge on any atom is 0.317 e. The summed E-state index contributed by atoms with van der Waals surface area (Å²) in [5.41, 5.74) is 0. The van der Waals surface area contributed by atoms with Crippen LogP contribution in [0, 0.1) is 0 Å². The van der Waals surface area contributed by atoms with Crippen molar-refractivity contribution in [2.75, 3.05) is 53.0 Å². The minimum absolute atomic E-state index is 0.0481. The molecule has 1 aliphatic rings. The largest absolute Gasteiger partial charge is 0.480 e. The van der Waals surface area contributed by atoms with Crippen molar-refractivity contribution in [1.82, 2.24) is 15.1 Å². The number of carbonyl (C=O) groups excluding carboxylic acids is 1. The van der Waals surface area contributed by atoms with E-state index < -0.39 is 5.97 Å². The van der Waals surface area contributed by atoms with Gasteiger partial charge in [-0.15, -0.1) is 0 Å². The molecule has 0 aromatic carbocycles. The first-order chi connectivity index (χ1) is 9.63. The van der Waals surface area contributed by atoms with E-state index in [0.29, 0.717) is 32.8 Å². The number of rotatable bonds is 7. The second kappa shape index (κ2) is 9.55. The van der Waals surface area contributed by atoms with Gasteiger partial charge < -0.3 is 20.1 Å². The molecule has 0 unspecified atom stereocenters. The molecule has 0 aromatic rings. The smallest absolute Gasteiger partial charge is 0.317 e. The molecule has 0 spiro atoms. The molecule has 20 heavy (non-hydrogen) atoms. The summed E-state index contributed by atoms with van der Waals surface area (Å²) in [6.07, 6.45) is 2.64. The average molecular weight is 287 g/mol. The number of methoxy groups -OCH3 is 1. The highest BCUT2D eigenvalue weighted by Gasteiger charge is 2.19. The molecule has 1 heterocycles. The Kier molecular flexibility index (Phi) is 7.98. The minimum Gasteiger partial charge on any atom is -0.480 e. The third kappa shape index (κ3) is 6.72. The fraction of sp³-hybridized carbons (Fsp3) is 0.846. The molecule has 1 saturated heterocycles. The Balaban J connectivity index is 2.22. The average Bonchev–Trinajstić information content (AvgIpc) is 2.63. The normalized spacial score (nSPS) is 16.8. The summed E-state index contributed by atoms with van der Waals surface area (Å²) in [5, 5.41) is 11.7. The Hall–Kier alpha value is -1.34. The molecule has 0 atom stereocenters. The van der Waals surface area contributed by atoms with Crippen LogP contribution in [-0.4, -0.2) is 79.9 Å². The first-order valence-electron chi connectivity index (χ1n) is 7.09. The van der Waals surface area contributed by atoms with Crippen LogP contribution in [0.15, 0.2) is 0 Å². The number of carbonyl (C=O) groups is 2. The maximum atomic E-state index is 12.0. The van der Waals surface area contributed by atoms with E-state index in [1.54, 1.807) is 12.0 Å². The van der Waals surface area contributed by atoms with Crippen molar-refractivity contribution in [2.45, 2.75) is 19.3 Å². The van der Waals surface area contributed by atoms with Gasteiger partial charge in [-0.05, 0) is 19.3 Å². The fourth-order valence-electron chi connectivity index (χ4n) is 2.20. The molecule has 7 nitrogen and oxygen atoms in total. The van der Waals surface area contributed by atoms with E-state index in [-0.39, 0.29) is 12.6 Å². The molecule has 1 fully saturated rings. The molecule has 0 radical (unpaired) electrons.